The number of carbonyl (C=O) groups is 1. The Hall–Kier alpha value is -3.96. The van der Waals surface area contributed by atoms with Crippen LogP contribution < -0.4 is 5.32 Å². The van der Waals surface area contributed by atoms with E-state index in [1.807, 2.05) is 0 Å². The van der Waals surface area contributed by atoms with Gasteiger partial charge in [0.15, 0.2) is 11.3 Å². The molecule has 1 amide bonds. The topological polar surface area (TPSA) is 72.2 Å². The molecular formula is C24H19F6N5O. The van der Waals surface area contributed by atoms with Crippen LogP contribution in [-0.4, -0.2) is 31.7 Å². The van der Waals surface area contributed by atoms with E-state index in [0.29, 0.717) is 22.5 Å². The summed E-state index contributed by atoms with van der Waals surface area (Å²) in [5, 5.41) is 6.56. The van der Waals surface area contributed by atoms with Gasteiger partial charge in [-0.2, -0.15) is 31.4 Å². The molecule has 36 heavy (non-hydrogen) atoms. The van der Waals surface area contributed by atoms with E-state index in [9.17, 15) is 31.1 Å². The maximum Gasteiger partial charge on any atom is 0.434 e. The van der Waals surface area contributed by atoms with E-state index in [4.69, 9.17) is 0 Å². The number of nitrogens with zero attached hydrogens (tertiary/aromatic N) is 4. The second kappa shape index (κ2) is 8.61. The molecule has 0 bridgehead atoms. The molecule has 12 heteroatoms. The Bertz CT molecular complexity index is 1460. The Labute approximate surface area is 201 Å². The molecular weight excluding hydrogens is 488 g/mol. The van der Waals surface area contributed by atoms with Crippen LogP contribution in [0.5, 0.6) is 0 Å². The van der Waals surface area contributed by atoms with Crippen LogP contribution in [0.3, 0.4) is 0 Å². The molecule has 4 rings (SSSR count). The predicted octanol–water partition coefficient (Wildman–Crippen LogP) is 6.31. The van der Waals surface area contributed by atoms with Crippen molar-refractivity contribution >= 4 is 17.2 Å². The van der Waals surface area contributed by atoms with Crippen LogP contribution in [0.25, 0.3) is 28.2 Å². The Kier molecular flexibility index (Phi) is 6.01. The first kappa shape index (κ1) is 25.1. The highest BCUT2D eigenvalue weighted by atomic mass is 19.4. The number of carbonyl (C=O) groups excluding carboxylic acids is 1. The van der Waals surface area contributed by atoms with Gasteiger partial charge in [0.25, 0.3) is 0 Å². The number of hydrogen-bond donors (Lipinski definition) is 1. The van der Waals surface area contributed by atoms with Gasteiger partial charge in [-0.25, -0.2) is 9.50 Å². The van der Waals surface area contributed by atoms with E-state index in [1.54, 1.807) is 19.1 Å². The lowest BCUT2D eigenvalue weighted by molar-refractivity contribution is -0.208. The SMILES string of the molecule is Cc1ccc(-c2cn3nc(-c4cccnc4C(F)(F)F)ccc3n2)cc1NC(=O)C(C)(C)C(F)(F)F. The van der Waals surface area contributed by atoms with Gasteiger partial charge in [0, 0.05) is 23.0 Å². The zero-order valence-electron chi connectivity index (χ0n) is 19.2. The molecule has 4 aromatic rings. The van der Waals surface area contributed by atoms with Crippen molar-refractivity contribution in [2.45, 2.75) is 33.1 Å². The molecule has 0 aliphatic heterocycles. The van der Waals surface area contributed by atoms with Gasteiger partial charge < -0.3 is 5.32 Å². The Morgan fingerprint density at radius 1 is 0.972 bits per heavy atom. The minimum Gasteiger partial charge on any atom is -0.325 e. The second-order valence-electron chi connectivity index (χ2n) is 8.65. The molecule has 0 atom stereocenters. The van der Waals surface area contributed by atoms with Gasteiger partial charge in [-0.05, 0) is 56.7 Å². The monoisotopic (exact) mass is 507 g/mol. The van der Waals surface area contributed by atoms with Crippen LogP contribution >= 0.6 is 0 Å². The fraction of sp³-hybridized carbons (Fsp3) is 0.250. The number of anilines is 1. The lowest BCUT2D eigenvalue weighted by Gasteiger charge is -2.26. The standard InChI is InChI=1S/C24H19F6N5O/c1-13-6-7-14(11-17(13)33-21(36)22(2,3)24(28,29)30)18-12-35-19(32-18)9-8-16(34-35)15-5-4-10-31-20(15)23(25,26)27/h4-12H,1-3H3,(H,33,36). The molecule has 0 saturated heterocycles. The number of hydrogen-bond acceptors (Lipinski definition) is 4. The van der Waals surface area contributed by atoms with Crippen LogP contribution in [-0.2, 0) is 11.0 Å². The molecule has 0 unspecified atom stereocenters. The fourth-order valence-electron chi connectivity index (χ4n) is 3.33. The number of imidazole rings is 1. The van der Waals surface area contributed by atoms with Crippen molar-refractivity contribution in [2.24, 2.45) is 5.41 Å². The average Bonchev–Trinajstić information content (AvgIpc) is 3.22. The number of rotatable bonds is 4. The minimum absolute atomic E-state index is 0.0260. The van der Waals surface area contributed by atoms with E-state index in [1.165, 1.54) is 41.0 Å². The Balaban J connectivity index is 1.70. The molecule has 0 aliphatic carbocycles. The first-order valence-electron chi connectivity index (χ1n) is 10.6. The van der Waals surface area contributed by atoms with E-state index in [0.717, 1.165) is 20.0 Å². The maximum absolute atomic E-state index is 13.4. The molecule has 188 valence electrons. The number of alkyl halides is 6. The molecule has 3 heterocycles. The molecule has 1 N–H and O–H groups in total. The van der Waals surface area contributed by atoms with Gasteiger partial charge in [0.05, 0.1) is 17.6 Å². The third-order valence-electron chi connectivity index (χ3n) is 5.73. The molecule has 6 nitrogen and oxygen atoms in total. The number of benzene rings is 1. The van der Waals surface area contributed by atoms with Gasteiger partial charge >= 0.3 is 12.4 Å². The van der Waals surface area contributed by atoms with Crippen LogP contribution in [0, 0.1) is 12.3 Å². The van der Waals surface area contributed by atoms with Crippen molar-refractivity contribution in [1.29, 1.82) is 0 Å². The summed E-state index contributed by atoms with van der Waals surface area (Å²) in [7, 11) is 0. The van der Waals surface area contributed by atoms with Crippen LogP contribution in [0.2, 0.25) is 0 Å². The number of halogens is 6. The molecule has 0 radical (unpaired) electrons. The van der Waals surface area contributed by atoms with Gasteiger partial charge in [-0.3, -0.25) is 9.78 Å². The first-order chi connectivity index (χ1) is 16.7. The van der Waals surface area contributed by atoms with E-state index >= 15 is 0 Å². The van der Waals surface area contributed by atoms with Crippen molar-refractivity contribution in [2.75, 3.05) is 5.32 Å². The third kappa shape index (κ3) is 4.62. The highest BCUT2D eigenvalue weighted by Gasteiger charge is 2.53. The van der Waals surface area contributed by atoms with Gasteiger partial charge in [-0.15, -0.1) is 0 Å². The smallest absolute Gasteiger partial charge is 0.325 e. The normalized spacial score (nSPS) is 12.7. The summed E-state index contributed by atoms with van der Waals surface area (Å²) in [6, 6.07) is 10.3. The van der Waals surface area contributed by atoms with Crippen LogP contribution in [0.15, 0.2) is 54.9 Å². The van der Waals surface area contributed by atoms with Crippen molar-refractivity contribution in [1.82, 2.24) is 19.6 Å². The fourth-order valence-corrected chi connectivity index (χ4v) is 3.33. The molecule has 0 spiro atoms. The van der Waals surface area contributed by atoms with Crippen LogP contribution in [0.1, 0.15) is 25.1 Å². The first-order valence-corrected chi connectivity index (χ1v) is 10.6. The summed E-state index contributed by atoms with van der Waals surface area (Å²) in [4.78, 5) is 20.2. The number of nitrogens with one attached hydrogen (secondary N) is 1. The van der Waals surface area contributed by atoms with Crippen molar-refractivity contribution in [3.63, 3.8) is 0 Å². The third-order valence-corrected chi connectivity index (χ3v) is 5.73. The summed E-state index contributed by atoms with van der Waals surface area (Å²) in [5.74, 6) is -1.21. The molecule has 0 fully saturated rings. The van der Waals surface area contributed by atoms with E-state index < -0.39 is 29.4 Å². The summed E-state index contributed by atoms with van der Waals surface area (Å²) in [5.41, 5.74) is -2.00. The van der Waals surface area contributed by atoms with E-state index in [-0.39, 0.29) is 16.9 Å². The van der Waals surface area contributed by atoms with Gasteiger partial charge in [0.2, 0.25) is 5.91 Å². The average molecular weight is 507 g/mol. The van der Waals surface area contributed by atoms with Crippen molar-refractivity contribution in [3.05, 3.63) is 66.1 Å². The van der Waals surface area contributed by atoms with Gasteiger partial charge in [-0.1, -0.05) is 12.1 Å². The molecule has 0 saturated carbocycles. The quantitative estimate of drug-likeness (QED) is 0.329. The second-order valence-corrected chi connectivity index (χ2v) is 8.65. The summed E-state index contributed by atoms with van der Waals surface area (Å²) < 4.78 is 81.2. The zero-order valence-corrected chi connectivity index (χ0v) is 19.2. The summed E-state index contributed by atoms with van der Waals surface area (Å²) in [6.07, 6.45) is -6.90. The zero-order chi connectivity index (χ0) is 26.5. The lowest BCUT2D eigenvalue weighted by atomic mass is 9.91. The molecule has 0 aliphatic rings. The number of amides is 1. The largest absolute Gasteiger partial charge is 0.434 e. The summed E-state index contributed by atoms with van der Waals surface area (Å²) in [6.45, 7) is 3.21. The maximum atomic E-state index is 13.4. The highest BCUT2D eigenvalue weighted by Crippen LogP contribution is 2.39. The van der Waals surface area contributed by atoms with Crippen LogP contribution in [0.4, 0.5) is 32.0 Å². The van der Waals surface area contributed by atoms with Crippen molar-refractivity contribution in [3.8, 4) is 22.5 Å². The lowest BCUT2D eigenvalue weighted by Crippen LogP contribution is -2.43. The summed E-state index contributed by atoms with van der Waals surface area (Å²) >= 11 is 0. The number of pyridine rings is 1. The number of aryl methyl sites for hydroxylation is 1. The number of aromatic nitrogens is 4. The van der Waals surface area contributed by atoms with E-state index in [2.05, 4.69) is 20.4 Å². The number of fused-ring (bicyclic) bond motifs is 1. The Morgan fingerprint density at radius 3 is 2.36 bits per heavy atom. The Morgan fingerprint density at radius 2 is 1.69 bits per heavy atom. The van der Waals surface area contributed by atoms with Crippen molar-refractivity contribution < 1.29 is 31.1 Å². The molecule has 3 aromatic heterocycles. The predicted molar refractivity (Wildman–Crippen MR) is 120 cm³/mol. The minimum atomic E-state index is -4.74. The highest BCUT2D eigenvalue weighted by molar-refractivity contribution is 5.96. The van der Waals surface area contributed by atoms with Gasteiger partial charge in [0.1, 0.15) is 5.41 Å². The molecule has 1 aromatic carbocycles.